The minimum absolute atomic E-state index is 0.133. The van der Waals surface area contributed by atoms with Gasteiger partial charge in [0.1, 0.15) is 5.82 Å². The number of sulfonamides is 1. The predicted octanol–water partition coefficient (Wildman–Crippen LogP) is 5.48. The van der Waals surface area contributed by atoms with Crippen molar-refractivity contribution in [2.75, 3.05) is 23.1 Å². The molecule has 1 saturated heterocycles. The summed E-state index contributed by atoms with van der Waals surface area (Å²) >= 11 is 6.14. The van der Waals surface area contributed by atoms with Crippen LogP contribution in [0.2, 0.25) is 5.02 Å². The lowest BCUT2D eigenvalue weighted by Gasteiger charge is -2.23. The summed E-state index contributed by atoms with van der Waals surface area (Å²) in [5.41, 5.74) is 1.51. The molecule has 2 heterocycles. The lowest BCUT2D eigenvalue weighted by Crippen LogP contribution is -2.35. The van der Waals surface area contributed by atoms with Gasteiger partial charge in [-0.1, -0.05) is 11.6 Å². The summed E-state index contributed by atoms with van der Waals surface area (Å²) < 4.78 is 60.1. The van der Waals surface area contributed by atoms with E-state index in [0.717, 1.165) is 38.1 Å². The molecule has 3 aromatic carbocycles. The van der Waals surface area contributed by atoms with Crippen LogP contribution in [-0.2, 0) is 16.4 Å². The van der Waals surface area contributed by atoms with Gasteiger partial charge in [-0.2, -0.15) is 0 Å². The van der Waals surface area contributed by atoms with Gasteiger partial charge in [0.05, 0.1) is 27.8 Å². The van der Waals surface area contributed by atoms with E-state index < -0.39 is 33.4 Å². The molecule has 1 atom stereocenters. The number of nitrogens with zero attached hydrogens (tertiary/aromatic N) is 2. The molecular formula is C29H28ClF2N5O3S. The van der Waals surface area contributed by atoms with Gasteiger partial charge in [-0.3, -0.25) is 4.72 Å². The third-order valence-corrected chi connectivity index (χ3v) is 9.38. The maximum Gasteiger partial charge on any atom is 0.262 e. The Balaban J connectivity index is 1.35. The van der Waals surface area contributed by atoms with Gasteiger partial charge in [0.2, 0.25) is 5.95 Å². The molecule has 4 N–H and O–H groups in total. The Bertz CT molecular complexity index is 1780. The van der Waals surface area contributed by atoms with Crippen LogP contribution in [0.4, 0.5) is 20.4 Å². The van der Waals surface area contributed by atoms with E-state index in [1.165, 1.54) is 12.1 Å². The lowest BCUT2D eigenvalue weighted by molar-refractivity contribution is 0.180. The topological polar surface area (TPSA) is 116 Å². The number of nitrogens with one attached hydrogen (secondary N) is 3. The quantitative estimate of drug-likeness (QED) is 0.232. The van der Waals surface area contributed by atoms with Crippen molar-refractivity contribution in [3.8, 4) is 11.1 Å². The van der Waals surface area contributed by atoms with E-state index in [9.17, 15) is 13.5 Å². The van der Waals surface area contributed by atoms with E-state index >= 15 is 8.78 Å². The van der Waals surface area contributed by atoms with E-state index in [1.54, 1.807) is 25.3 Å². The first kappa shape index (κ1) is 27.8. The van der Waals surface area contributed by atoms with E-state index in [4.69, 9.17) is 11.6 Å². The molecule has 0 bridgehead atoms. The summed E-state index contributed by atoms with van der Waals surface area (Å²) in [5, 5.41) is 17.6. The van der Waals surface area contributed by atoms with Crippen molar-refractivity contribution in [2.24, 2.45) is 0 Å². The summed E-state index contributed by atoms with van der Waals surface area (Å²) in [7, 11) is -4.32. The van der Waals surface area contributed by atoms with Gasteiger partial charge in [0.25, 0.3) is 10.0 Å². The molecule has 41 heavy (non-hydrogen) atoms. The summed E-state index contributed by atoms with van der Waals surface area (Å²) in [6.45, 7) is 3.56. The van der Waals surface area contributed by atoms with Crippen LogP contribution < -0.4 is 15.4 Å². The number of aromatic nitrogens is 2. The number of hydrogen-bond acceptors (Lipinski definition) is 7. The van der Waals surface area contributed by atoms with Crippen molar-refractivity contribution >= 4 is 44.2 Å². The van der Waals surface area contributed by atoms with Gasteiger partial charge in [0.15, 0.2) is 5.82 Å². The highest BCUT2D eigenvalue weighted by molar-refractivity contribution is 7.92. The summed E-state index contributed by atoms with van der Waals surface area (Å²) in [6, 6.07) is 8.47. The van der Waals surface area contributed by atoms with Gasteiger partial charge in [-0.05, 0) is 104 Å². The van der Waals surface area contributed by atoms with E-state index in [0.29, 0.717) is 46.4 Å². The molecule has 0 amide bonds. The first-order valence-corrected chi connectivity index (χ1v) is 15.2. The zero-order valence-electron chi connectivity index (χ0n) is 22.1. The lowest BCUT2D eigenvalue weighted by atomic mass is 9.97. The molecule has 8 nitrogen and oxygen atoms in total. The van der Waals surface area contributed by atoms with Crippen LogP contribution in [0.15, 0.2) is 47.5 Å². The normalized spacial score (nSPS) is 17.5. The number of aliphatic hydroxyl groups is 1. The van der Waals surface area contributed by atoms with Crippen molar-refractivity contribution in [1.29, 1.82) is 0 Å². The van der Waals surface area contributed by atoms with Gasteiger partial charge in [-0.25, -0.2) is 27.2 Å². The first-order valence-electron chi connectivity index (χ1n) is 13.4. The second kappa shape index (κ2) is 10.8. The zero-order valence-corrected chi connectivity index (χ0v) is 23.7. The molecule has 0 saturated carbocycles. The maximum absolute atomic E-state index is 15.9. The Morgan fingerprint density at radius 2 is 1.88 bits per heavy atom. The SMILES string of the molecule is Cc1cc2nc(NC3CCNCC3)ncc2cc1-c1c(F)ccc(NS(=O)(=O)c2cc(Cl)cc3c2CC[C@H]3O)c1F. The molecular weight excluding hydrogens is 572 g/mol. The average Bonchev–Trinajstić information content (AvgIpc) is 3.30. The second-order valence-electron chi connectivity index (χ2n) is 10.5. The van der Waals surface area contributed by atoms with Gasteiger partial charge < -0.3 is 15.7 Å². The Labute approximate surface area is 241 Å². The predicted molar refractivity (Wildman–Crippen MR) is 155 cm³/mol. The standard InChI is InChI=1S/C29H28ClF2N5O3S/c1-15-10-24-16(14-34-29(36-24)35-18-6-8-33-9-7-18)11-20(15)27-22(31)3-4-23(28(27)32)37-41(39,40)26-13-17(30)12-21-19(26)2-5-25(21)38/h3-4,10-14,18,25,33,37-38H,2,5-9H2,1H3,(H,34,35,36)/t25-/m1/s1. The highest BCUT2D eigenvalue weighted by Gasteiger charge is 2.30. The van der Waals surface area contributed by atoms with Gasteiger partial charge >= 0.3 is 0 Å². The van der Waals surface area contributed by atoms with Crippen LogP contribution in [0.1, 0.15) is 42.1 Å². The number of hydrogen-bond donors (Lipinski definition) is 4. The fraction of sp³-hybridized carbons (Fsp3) is 0.310. The molecule has 214 valence electrons. The number of aliphatic hydroxyl groups excluding tert-OH is 1. The molecule has 4 aromatic rings. The molecule has 0 spiro atoms. The van der Waals surface area contributed by atoms with E-state index in [-0.39, 0.29) is 27.1 Å². The van der Waals surface area contributed by atoms with E-state index in [2.05, 4.69) is 25.3 Å². The smallest absolute Gasteiger partial charge is 0.262 e. The Morgan fingerprint density at radius 3 is 2.66 bits per heavy atom. The summed E-state index contributed by atoms with van der Waals surface area (Å²) in [5.74, 6) is -1.41. The minimum Gasteiger partial charge on any atom is -0.388 e. The number of anilines is 2. The third kappa shape index (κ3) is 5.34. The third-order valence-electron chi connectivity index (χ3n) is 7.73. The molecule has 2 aliphatic rings. The fourth-order valence-corrected chi connectivity index (χ4v) is 7.30. The van der Waals surface area contributed by atoms with Crippen molar-refractivity contribution in [1.82, 2.24) is 15.3 Å². The number of fused-ring (bicyclic) bond motifs is 2. The van der Waals surface area contributed by atoms with Crippen LogP contribution in [0.25, 0.3) is 22.0 Å². The number of rotatable bonds is 6. The van der Waals surface area contributed by atoms with Crippen LogP contribution >= 0.6 is 11.6 Å². The number of halogens is 3. The maximum atomic E-state index is 15.9. The highest BCUT2D eigenvalue weighted by atomic mass is 35.5. The molecule has 12 heteroatoms. The molecule has 1 aromatic heterocycles. The molecule has 0 unspecified atom stereocenters. The van der Waals surface area contributed by atoms with Crippen molar-refractivity contribution in [3.63, 3.8) is 0 Å². The molecule has 1 aliphatic heterocycles. The van der Waals surface area contributed by atoms with Crippen LogP contribution in [0, 0.1) is 18.6 Å². The number of piperidine rings is 1. The zero-order chi connectivity index (χ0) is 28.9. The second-order valence-corrected chi connectivity index (χ2v) is 12.6. The summed E-state index contributed by atoms with van der Waals surface area (Å²) in [6.07, 6.45) is 3.37. The number of benzene rings is 3. The van der Waals surface area contributed by atoms with E-state index in [1.807, 2.05) is 0 Å². The fourth-order valence-electron chi connectivity index (χ4n) is 5.62. The summed E-state index contributed by atoms with van der Waals surface area (Å²) in [4.78, 5) is 8.86. The van der Waals surface area contributed by atoms with Crippen LogP contribution in [-0.4, -0.2) is 42.6 Å². The minimum atomic E-state index is -4.32. The Morgan fingerprint density at radius 1 is 1.10 bits per heavy atom. The van der Waals surface area contributed by atoms with Crippen molar-refractivity contribution in [2.45, 2.75) is 49.6 Å². The Kier molecular flexibility index (Phi) is 7.31. The molecule has 1 fully saturated rings. The van der Waals surface area contributed by atoms with Gasteiger partial charge in [-0.15, -0.1) is 0 Å². The molecule has 6 rings (SSSR count). The largest absolute Gasteiger partial charge is 0.388 e. The monoisotopic (exact) mass is 599 g/mol. The van der Waals surface area contributed by atoms with Crippen molar-refractivity contribution in [3.05, 3.63) is 75.9 Å². The van der Waals surface area contributed by atoms with Crippen LogP contribution in [0.3, 0.4) is 0 Å². The molecule has 0 radical (unpaired) electrons. The molecule has 1 aliphatic carbocycles. The highest BCUT2D eigenvalue weighted by Crippen LogP contribution is 2.39. The number of aryl methyl sites for hydroxylation is 1. The van der Waals surface area contributed by atoms with Crippen molar-refractivity contribution < 1.29 is 22.3 Å². The van der Waals surface area contributed by atoms with Crippen LogP contribution in [0.5, 0.6) is 0 Å². The Hall–Kier alpha value is -3.38. The average molecular weight is 600 g/mol. The van der Waals surface area contributed by atoms with Gasteiger partial charge in [0, 0.05) is 22.6 Å². The first-order chi connectivity index (χ1) is 19.6.